The molecule has 1 amide bonds. The Morgan fingerprint density at radius 2 is 1.88 bits per heavy atom. The summed E-state index contributed by atoms with van der Waals surface area (Å²) in [5.74, 6) is 3.00. The van der Waals surface area contributed by atoms with Gasteiger partial charge in [-0.15, -0.1) is 0 Å². The van der Waals surface area contributed by atoms with Gasteiger partial charge in [0.1, 0.15) is 6.04 Å². The molecule has 0 spiro atoms. The molecule has 0 aliphatic heterocycles. The molecule has 4 fully saturated rings. The molecule has 4 aliphatic rings. The molecule has 1 aromatic carbocycles. The van der Waals surface area contributed by atoms with Gasteiger partial charge in [0, 0.05) is 17.1 Å². The molecule has 4 saturated carbocycles. The third-order valence-corrected chi connectivity index (χ3v) is 7.09. The molecule has 0 aromatic heterocycles. The molecule has 4 aliphatic carbocycles. The van der Waals surface area contributed by atoms with Gasteiger partial charge in [0.25, 0.3) is 5.91 Å². The summed E-state index contributed by atoms with van der Waals surface area (Å²) in [6.07, 6.45) is 8.42. The van der Waals surface area contributed by atoms with Crippen molar-refractivity contribution in [2.75, 3.05) is 13.1 Å². The number of quaternary nitrogens is 1. The van der Waals surface area contributed by atoms with Crippen LogP contribution in [-0.2, 0) is 4.79 Å². The Balaban J connectivity index is 1.26. The lowest BCUT2D eigenvalue weighted by Gasteiger charge is -2.56. The van der Waals surface area contributed by atoms with Gasteiger partial charge in [-0.2, -0.15) is 0 Å². The number of halogens is 1. The predicted molar refractivity (Wildman–Crippen MR) is 100 cm³/mol. The van der Waals surface area contributed by atoms with Crippen LogP contribution in [0.4, 0.5) is 0 Å². The Morgan fingerprint density at radius 3 is 2.48 bits per heavy atom. The second-order valence-electron chi connectivity index (χ2n) is 8.98. The van der Waals surface area contributed by atoms with Gasteiger partial charge in [0.2, 0.25) is 0 Å². The Bertz CT molecular complexity index is 609. The second-order valence-corrected chi connectivity index (χ2v) is 9.41. The van der Waals surface area contributed by atoms with E-state index in [-0.39, 0.29) is 11.9 Å². The first-order valence-electron chi connectivity index (χ1n) is 9.87. The molecule has 1 atom stereocenters. The third-order valence-electron chi connectivity index (χ3n) is 6.86. The average molecular weight is 362 g/mol. The highest BCUT2D eigenvalue weighted by Gasteiger charge is 2.50. The molecular weight excluding hydrogens is 332 g/mol. The smallest absolute Gasteiger partial charge is 0.275 e. The lowest BCUT2D eigenvalue weighted by Crippen LogP contribution is -2.87. The molecule has 0 saturated heterocycles. The number of nitrogens with one attached hydrogen (secondary N) is 1. The van der Waals surface area contributed by atoms with E-state index in [9.17, 15) is 4.79 Å². The number of hydrogen-bond acceptors (Lipinski definition) is 1. The van der Waals surface area contributed by atoms with Crippen molar-refractivity contribution in [1.82, 2.24) is 5.32 Å². The van der Waals surface area contributed by atoms with Crippen molar-refractivity contribution in [1.29, 1.82) is 0 Å². The molecule has 4 bridgehead atoms. The first kappa shape index (κ1) is 17.4. The molecule has 4 heteroatoms. The summed E-state index contributed by atoms with van der Waals surface area (Å²) in [5.41, 5.74) is 1.59. The van der Waals surface area contributed by atoms with Crippen LogP contribution >= 0.6 is 11.6 Å². The second kappa shape index (κ2) is 6.92. The minimum Gasteiger partial charge on any atom is -0.351 e. The van der Waals surface area contributed by atoms with E-state index in [2.05, 4.69) is 23.6 Å². The number of nitrogens with two attached hydrogens (primary N) is 1. The van der Waals surface area contributed by atoms with Gasteiger partial charge < -0.3 is 10.6 Å². The summed E-state index contributed by atoms with van der Waals surface area (Å²) in [4.78, 5) is 12.4. The summed E-state index contributed by atoms with van der Waals surface area (Å²) in [6, 6.07) is 8.14. The minimum absolute atomic E-state index is 0.171. The number of carbonyl (C=O) groups is 1. The highest BCUT2D eigenvalue weighted by atomic mass is 35.5. The van der Waals surface area contributed by atoms with E-state index >= 15 is 0 Å². The van der Waals surface area contributed by atoms with Gasteiger partial charge in [-0.1, -0.05) is 23.7 Å². The van der Waals surface area contributed by atoms with E-state index in [0.29, 0.717) is 12.0 Å². The fourth-order valence-electron chi connectivity index (χ4n) is 6.07. The molecule has 0 unspecified atom stereocenters. The van der Waals surface area contributed by atoms with Crippen molar-refractivity contribution >= 4 is 17.5 Å². The molecule has 5 rings (SSSR count). The van der Waals surface area contributed by atoms with Crippen molar-refractivity contribution in [3.63, 3.8) is 0 Å². The van der Waals surface area contributed by atoms with Crippen LogP contribution in [0.1, 0.15) is 57.1 Å². The average Bonchev–Trinajstić information content (AvgIpc) is 2.57. The lowest BCUT2D eigenvalue weighted by molar-refractivity contribution is -0.682. The van der Waals surface area contributed by atoms with Crippen LogP contribution < -0.4 is 10.6 Å². The van der Waals surface area contributed by atoms with Crippen LogP contribution in [0.2, 0.25) is 5.02 Å². The van der Waals surface area contributed by atoms with Crippen molar-refractivity contribution in [3.05, 3.63) is 34.9 Å². The maximum absolute atomic E-state index is 12.4. The zero-order valence-electron chi connectivity index (χ0n) is 15.1. The quantitative estimate of drug-likeness (QED) is 0.802. The zero-order valence-corrected chi connectivity index (χ0v) is 15.9. The van der Waals surface area contributed by atoms with Crippen molar-refractivity contribution < 1.29 is 10.1 Å². The molecular formula is C21H30ClN2O+. The summed E-state index contributed by atoms with van der Waals surface area (Å²) >= 11 is 6.06. The van der Waals surface area contributed by atoms with E-state index in [1.54, 1.807) is 0 Å². The van der Waals surface area contributed by atoms with Gasteiger partial charge >= 0.3 is 0 Å². The lowest BCUT2D eigenvalue weighted by atomic mass is 9.49. The minimum atomic E-state index is 0.171. The molecule has 3 N–H and O–H groups in total. The largest absolute Gasteiger partial charge is 0.351 e. The van der Waals surface area contributed by atoms with Crippen LogP contribution in [0, 0.1) is 23.2 Å². The zero-order chi connectivity index (χ0) is 17.4. The molecule has 0 radical (unpaired) electrons. The van der Waals surface area contributed by atoms with Crippen LogP contribution in [0.3, 0.4) is 0 Å². The standard InChI is InChI=1S/C21H29ClN2O/c1-14(18-3-2-4-19(22)8-18)23-12-20(25)24-13-21-9-15-5-16(10-21)7-17(6-15)11-21/h2-4,8,14-17,23H,5-7,9-13H2,1H3,(H,24,25)/p+1/t14-,15?,16?,17?,21?/m0/s1. The number of benzene rings is 1. The monoisotopic (exact) mass is 361 g/mol. The Labute approximate surface area is 155 Å². The molecule has 136 valence electrons. The molecule has 25 heavy (non-hydrogen) atoms. The first-order valence-corrected chi connectivity index (χ1v) is 10.2. The highest BCUT2D eigenvalue weighted by Crippen LogP contribution is 2.59. The van der Waals surface area contributed by atoms with Crippen molar-refractivity contribution in [3.8, 4) is 0 Å². The van der Waals surface area contributed by atoms with E-state index in [1.807, 2.05) is 18.2 Å². The first-order chi connectivity index (χ1) is 12.0. The maximum Gasteiger partial charge on any atom is 0.275 e. The van der Waals surface area contributed by atoms with Crippen LogP contribution in [-0.4, -0.2) is 19.0 Å². The van der Waals surface area contributed by atoms with E-state index in [1.165, 1.54) is 44.1 Å². The van der Waals surface area contributed by atoms with E-state index < -0.39 is 0 Å². The summed E-state index contributed by atoms with van der Waals surface area (Å²) < 4.78 is 0. The number of rotatable bonds is 6. The SMILES string of the molecule is C[C@H]([NH2+]CC(=O)NCC12CC3CC(CC(C3)C1)C2)c1cccc(Cl)c1. The van der Waals surface area contributed by atoms with Crippen LogP contribution in [0.5, 0.6) is 0 Å². The molecule has 3 nitrogen and oxygen atoms in total. The fourth-order valence-corrected chi connectivity index (χ4v) is 6.27. The summed E-state index contributed by atoms with van der Waals surface area (Å²) in [7, 11) is 0. The summed E-state index contributed by atoms with van der Waals surface area (Å²) in [5, 5.41) is 6.11. The summed E-state index contributed by atoms with van der Waals surface area (Å²) in [6.45, 7) is 3.51. The number of hydrogen-bond donors (Lipinski definition) is 2. The Hall–Kier alpha value is -1.06. The predicted octanol–water partition coefficient (Wildman–Crippen LogP) is 3.30. The van der Waals surface area contributed by atoms with Gasteiger partial charge in [-0.05, 0) is 80.8 Å². The normalized spacial score (nSPS) is 34.1. The fraction of sp³-hybridized carbons (Fsp3) is 0.667. The number of amides is 1. The highest BCUT2D eigenvalue weighted by molar-refractivity contribution is 6.30. The maximum atomic E-state index is 12.4. The molecule has 1 aromatic rings. The van der Waals surface area contributed by atoms with E-state index in [4.69, 9.17) is 11.6 Å². The topological polar surface area (TPSA) is 45.7 Å². The van der Waals surface area contributed by atoms with Gasteiger partial charge in [0.15, 0.2) is 6.54 Å². The van der Waals surface area contributed by atoms with Crippen LogP contribution in [0.15, 0.2) is 24.3 Å². The van der Waals surface area contributed by atoms with E-state index in [0.717, 1.165) is 29.3 Å². The Kier molecular flexibility index (Phi) is 4.81. The molecule has 0 heterocycles. The third kappa shape index (κ3) is 3.88. The van der Waals surface area contributed by atoms with Crippen molar-refractivity contribution in [2.45, 2.75) is 51.5 Å². The van der Waals surface area contributed by atoms with Crippen molar-refractivity contribution in [2.24, 2.45) is 23.2 Å². The Morgan fingerprint density at radius 1 is 1.24 bits per heavy atom. The van der Waals surface area contributed by atoms with Gasteiger partial charge in [-0.3, -0.25) is 4.79 Å². The van der Waals surface area contributed by atoms with Gasteiger partial charge in [0.05, 0.1) is 0 Å². The van der Waals surface area contributed by atoms with Gasteiger partial charge in [-0.25, -0.2) is 0 Å². The number of carbonyl (C=O) groups excluding carboxylic acids is 1. The van der Waals surface area contributed by atoms with Crippen LogP contribution in [0.25, 0.3) is 0 Å².